The van der Waals surface area contributed by atoms with E-state index in [2.05, 4.69) is 15.3 Å². The summed E-state index contributed by atoms with van der Waals surface area (Å²) in [4.78, 5) is 49.0. The summed E-state index contributed by atoms with van der Waals surface area (Å²) in [5.41, 5.74) is 10.1. The number of halogens is 10. The van der Waals surface area contributed by atoms with Gasteiger partial charge < -0.3 is 26.4 Å². The Bertz CT molecular complexity index is 1490. The third-order valence-electron chi connectivity index (χ3n) is 4.57. The van der Waals surface area contributed by atoms with Crippen LogP contribution in [-0.4, -0.2) is 67.6 Å². The van der Waals surface area contributed by atoms with Crippen LogP contribution in [0.25, 0.3) is 10.2 Å². The average Bonchev–Trinajstić information content (AvgIpc) is 3.21. The predicted molar refractivity (Wildman–Crippen MR) is 140 cm³/mol. The number of rotatable bonds is 3. The minimum Gasteiger partial charge on any atom is -0.475 e. The van der Waals surface area contributed by atoms with Gasteiger partial charge in [-0.15, -0.1) is 11.3 Å². The second-order valence-electron chi connectivity index (χ2n) is 8.06. The van der Waals surface area contributed by atoms with Crippen molar-refractivity contribution >= 4 is 62.7 Å². The van der Waals surface area contributed by atoms with Gasteiger partial charge in [-0.3, -0.25) is 9.78 Å². The molecule has 3 rings (SSSR count). The number of aryl methyl sites for hydroxylation is 3. The first kappa shape index (κ1) is 40.6. The van der Waals surface area contributed by atoms with Crippen molar-refractivity contribution < 1.29 is 74.0 Å². The van der Waals surface area contributed by atoms with Gasteiger partial charge in [-0.25, -0.2) is 19.4 Å². The minimum absolute atomic E-state index is 0.210. The smallest absolute Gasteiger partial charge is 0.475 e. The van der Waals surface area contributed by atoms with Gasteiger partial charge in [0.1, 0.15) is 9.71 Å². The Morgan fingerprint density at radius 1 is 0.889 bits per heavy atom. The number of thiophene rings is 1. The Morgan fingerprint density at radius 2 is 1.31 bits per heavy atom. The van der Waals surface area contributed by atoms with Gasteiger partial charge in [-0.05, 0) is 44.0 Å². The number of hydrogen-bond donors (Lipinski definition) is 5. The summed E-state index contributed by atoms with van der Waals surface area (Å²) in [5.74, 6) is -8.48. The number of aromatic nitrogens is 2. The highest BCUT2D eigenvalue weighted by atomic mass is 35.5. The van der Waals surface area contributed by atoms with Crippen LogP contribution in [0.4, 0.5) is 45.2 Å². The zero-order valence-electron chi connectivity index (χ0n) is 22.6. The molecule has 0 aromatic carbocycles. The molecule has 45 heavy (non-hydrogen) atoms. The normalized spacial score (nSPS) is 11.1. The molecule has 3 heterocycles. The number of amides is 1. The number of alkyl halides is 9. The van der Waals surface area contributed by atoms with Gasteiger partial charge >= 0.3 is 36.4 Å². The standard InChI is InChI=1S/C17H17ClN4OS.3C2HF3O2/c1-8-6-11(4-5-20-8)7-21-16(23)15-14(19)12-9(2)13(18)10(3)22-17(12)24-15;3*3-2(4,5)1(6)7/h4-6H,7,19H2,1-3H3,(H,21,23);3*(H,6,7). The molecule has 0 saturated heterocycles. The first-order valence-electron chi connectivity index (χ1n) is 11.2. The highest BCUT2D eigenvalue weighted by Gasteiger charge is 2.39. The lowest BCUT2D eigenvalue weighted by Crippen LogP contribution is -2.22. The number of aliphatic carboxylic acids is 3. The lowest BCUT2D eigenvalue weighted by molar-refractivity contribution is -0.193. The molecule has 3 aromatic heterocycles. The van der Waals surface area contributed by atoms with Gasteiger partial charge in [0.05, 0.1) is 16.4 Å². The molecule has 0 aliphatic heterocycles. The fourth-order valence-corrected chi connectivity index (χ4v) is 3.86. The van der Waals surface area contributed by atoms with Gasteiger partial charge in [0.15, 0.2) is 0 Å². The van der Waals surface area contributed by atoms with Crippen molar-refractivity contribution in [3.8, 4) is 0 Å². The van der Waals surface area contributed by atoms with Crippen molar-refractivity contribution in [2.45, 2.75) is 45.8 Å². The molecule has 3 aromatic rings. The molecule has 0 radical (unpaired) electrons. The van der Waals surface area contributed by atoms with E-state index in [1.54, 1.807) is 6.20 Å². The van der Waals surface area contributed by atoms with E-state index >= 15 is 0 Å². The maximum absolute atomic E-state index is 12.5. The number of carboxylic acids is 3. The number of carbonyl (C=O) groups excluding carboxylic acids is 1. The van der Waals surface area contributed by atoms with Crippen LogP contribution in [0.15, 0.2) is 18.3 Å². The lowest BCUT2D eigenvalue weighted by atomic mass is 10.1. The van der Waals surface area contributed by atoms with E-state index in [4.69, 9.17) is 47.0 Å². The third kappa shape index (κ3) is 13.4. The second-order valence-corrected chi connectivity index (χ2v) is 9.44. The largest absolute Gasteiger partial charge is 0.490 e. The SMILES string of the molecule is Cc1cc(CNC(=O)c2sc3nc(C)c(Cl)c(C)c3c2N)ccn1.O=C(O)C(F)(F)F.O=C(O)C(F)(F)F.O=C(O)C(F)(F)F. The quantitative estimate of drug-likeness (QED) is 0.212. The van der Waals surface area contributed by atoms with Gasteiger partial charge in [0.25, 0.3) is 5.91 Å². The van der Waals surface area contributed by atoms with Crippen LogP contribution < -0.4 is 11.1 Å². The minimum atomic E-state index is -5.08. The van der Waals surface area contributed by atoms with E-state index in [1.807, 2.05) is 32.9 Å². The van der Waals surface area contributed by atoms with Crippen molar-refractivity contribution in [2.75, 3.05) is 5.73 Å². The van der Waals surface area contributed by atoms with Crippen molar-refractivity contribution in [3.05, 3.63) is 50.7 Å². The maximum atomic E-state index is 12.5. The molecule has 0 unspecified atom stereocenters. The van der Waals surface area contributed by atoms with Gasteiger partial charge in [-0.2, -0.15) is 39.5 Å². The number of anilines is 1. The molecule has 22 heteroatoms. The molecule has 0 aliphatic rings. The Balaban J connectivity index is 0.000000753. The number of fused-ring (bicyclic) bond motifs is 1. The highest BCUT2D eigenvalue weighted by molar-refractivity contribution is 7.21. The molecular weight excluding hydrogens is 683 g/mol. The summed E-state index contributed by atoms with van der Waals surface area (Å²) in [7, 11) is 0. The first-order chi connectivity index (χ1) is 20.2. The van der Waals surface area contributed by atoms with Crippen LogP contribution in [0, 0.1) is 20.8 Å². The summed E-state index contributed by atoms with van der Waals surface area (Å²) in [5, 5.41) is 25.6. The molecule has 0 aliphatic carbocycles. The van der Waals surface area contributed by atoms with Crippen LogP contribution in [0.5, 0.6) is 0 Å². The molecule has 0 spiro atoms. The monoisotopic (exact) mass is 702 g/mol. The van der Waals surface area contributed by atoms with E-state index < -0.39 is 36.4 Å². The molecule has 0 atom stereocenters. The zero-order valence-corrected chi connectivity index (χ0v) is 24.1. The van der Waals surface area contributed by atoms with E-state index in [0.717, 1.165) is 32.7 Å². The number of hydrogen-bond acceptors (Lipinski definition) is 8. The summed E-state index contributed by atoms with van der Waals surface area (Å²) in [6.45, 7) is 6.07. The van der Waals surface area contributed by atoms with Crippen LogP contribution in [0.1, 0.15) is 32.2 Å². The van der Waals surface area contributed by atoms with Crippen molar-refractivity contribution in [1.82, 2.24) is 15.3 Å². The number of carbonyl (C=O) groups is 4. The summed E-state index contributed by atoms with van der Waals surface area (Å²) < 4.78 is 95.2. The number of nitrogens with two attached hydrogens (primary N) is 1. The van der Waals surface area contributed by atoms with Crippen LogP contribution >= 0.6 is 22.9 Å². The fraction of sp³-hybridized carbons (Fsp3) is 0.304. The second kappa shape index (κ2) is 16.1. The number of nitrogen functional groups attached to an aromatic ring is 1. The number of pyridine rings is 2. The highest BCUT2D eigenvalue weighted by Crippen LogP contribution is 2.38. The topological polar surface area (TPSA) is 193 Å². The Kier molecular flexibility index (Phi) is 14.5. The van der Waals surface area contributed by atoms with Gasteiger partial charge in [0.2, 0.25) is 0 Å². The third-order valence-corrected chi connectivity index (χ3v) is 6.22. The number of nitrogens with one attached hydrogen (secondary N) is 1. The molecule has 250 valence electrons. The predicted octanol–water partition coefficient (Wildman–Crippen LogP) is 5.68. The molecule has 11 nitrogen and oxygen atoms in total. The van der Waals surface area contributed by atoms with E-state index in [9.17, 15) is 44.3 Å². The molecular formula is C23H20ClF9N4O7S. The lowest BCUT2D eigenvalue weighted by Gasteiger charge is -2.06. The molecule has 0 fully saturated rings. The molecule has 0 saturated carbocycles. The van der Waals surface area contributed by atoms with Gasteiger partial charge in [-0.1, -0.05) is 11.6 Å². The van der Waals surface area contributed by atoms with Crippen LogP contribution in [0.2, 0.25) is 5.02 Å². The Hall–Kier alpha value is -4.40. The first-order valence-corrected chi connectivity index (χ1v) is 12.4. The summed E-state index contributed by atoms with van der Waals surface area (Å²) >= 11 is 7.54. The van der Waals surface area contributed by atoms with Crippen molar-refractivity contribution in [1.29, 1.82) is 0 Å². The summed E-state index contributed by atoms with van der Waals surface area (Å²) in [6.07, 6.45) is -13.5. The van der Waals surface area contributed by atoms with Gasteiger partial charge in [0, 0.05) is 23.8 Å². The van der Waals surface area contributed by atoms with Crippen molar-refractivity contribution in [3.63, 3.8) is 0 Å². The maximum Gasteiger partial charge on any atom is 0.490 e. The molecule has 6 N–H and O–H groups in total. The van der Waals surface area contributed by atoms with E-state index in [0.29, 0.717) is 22.1 Å². The fourth-order valence-electron chi connectivity index (χ4n) is 2.60. The zero-order chi connectivity index (χ0) is 35.7. The summed E-state index contributed by atoms with van der Waals surface area (Å²) in [6, 6.07) is 3.81. The Morgan fingerprint density at radius 3 is 1.69 bits per heavy atom. The molecule has 0 bridgehead atoms. The molecule has 1 amide bonds. The van der Waals surface area contributed by atoms with Crippen LogP contribution in [0.3, 0.4) is 0 Å². The van der Waals surface area contributed by atoms with E-state index in [1.165, 1.54) is 11.3 Å². The number of nitrogens with zero attached hydrogens (tertiary/aromatic N) is 2. The Labute approximate surface area is 254 Å². The van der Waals surface area contributed by atoms with Crippen LogP contribution in [-0.2, 0) is 20.9 Å². The van der Waals surface area contributed by atoms with Crippen molar-refractivity contribution in [2.24, 2.45) is 0 Å². The average molecular weight is 703 g/mol. The van der Waals surface area contributed by atoms with E-state index in [-0.39, 0.29) is 5.91 Å². The number of carboxylic acid groups (broad SMARTS) is 3.